The molecule has 0 aromatic carbocycles. The van der Waals surface area contributed by atoms with Crippen LogP contribution in [0.25, 0.3) is 0 Å². The van der Waals surface area contributed by atoms with Crippen LogP contribution in [-0.4, -0.2) is 11.3 Å². The number of rotatable bonds is 3. The summed E-state index contributed by atoms with van der Waals surface area (Å²) in [6.45, 7) is 4.91. The Balaban J connectivity index is 3.58. The normalized spacial score (nSPS) is 12.0. The van der Waals surface area contributed by atoms with Crippen molar-refractivity contribution in [1.29, 1.82) is 0 Å². The molecule has 8 heavy (non-hydrogen) atoms. The number of thiol groups is 1. The molecule has 0 rings (SSSR count). The Kier molecular flexibility index (Phi) is 3.49. The van der Waals surface area contributed by atoms with E-state index in [9.17, 15) is 0 Å². The Morgan fingerprint density at radius 1 is 1.38 bits per heavy atom. The largest absolute Gasteiger partial charge is 0.329 e. The molecular weight excluding hydrogens is 118 g/mol. The molecule has 0 atom stereocenters. The minimum atomic E-state index is 0.0972. The Morgan fingerprint density at radius 2 is 1.75 bits per heavy atom. The first kappa shape index (κ1) is 8.31. The van der Waals surface area contributed by atoms with Gasteiger partial charge in [-0.05, 0) is 12.8 Å². The average molecular weight is 133 g/mol. The zero-order valence-electron chi connectivity index (χ0n) is 5.65. The molecule has 0 aliphatic rings. The number of hydrogen-bond acceptors (Lipinski definition) is 2. The van der Waals surface area contributed by atoms with Gasteiger partial charge in [-0.2, -0.15) is 12.6 Å². The second-order valence-corrected chi connectivity index (χ2v) is 3.08. The molecule has 0 aliphatic heterocycles. The quantitative estimate of drug-likeness (QED) is 0.560. The van der Waals surface area contributed by atoms with Gasteiger partial charge in [0.2, 0.25) is 0 Å². The van der Waals surface area contributed by atoms with Crippen molar-refractivity contribution < 1.29 is 0 Å². The minimum absolute atomic E-state index is 0.0972. The molecule has 50 valence electrons. The van der Waals surface area contributed by atoms with Crippen LogP contribution in [0.5, 0.6) is 0 Å². The van der Waals surface area contributed by atoms with Gasteiger partial charge in [0.1, 0.15) is 0 Å². The van der Waals surface area contributed by atoms with Crippen LogP contribution in [0.2, 0.25) is 0 Å². The van der Waals surface area contributed by atoms with Crippen LogP contribution >= 0.6 is 12.6 Å². The van der Waals surface area contributed by atoms with E-state index in [0.29, 0.717) is 6.54 Å². The summed E-state index contributed by atoms with van der Waals surface area (Å²) in [5.74, 6) is 0. The lowest BCUT2D eigenvalue weighted by atomic mass is 10.0. The van der Waals surface area contributed by atoms with Gasteiger partial charge in [0.25, 0.3) is 0 Å². The van der Waals surface area contributed by atoms with E-state index in [1.54, 1.807) is 0 Å². The van der Waals surface area contributed by atoms with Gasteiger partial charge in [-0.15, -0.1) is 0 Å². The molecule has 0 unspecified atom stereocenters. The first-order valence-corrected chi connectivity index (χ1v) is 3.55. The van der Waals surface area contributed by atoms with Crippen molar-refractivity contribution in [2.45, 2.75) is 31.4 Å². The van der Waals surface area contributed by atoms with Crippen molar-refractivity contribution >= 4 is 12.6 Å². The van der Waals surface area contributed by atoms with Crippen molar-refractivity contribution in [2.24, 2.45) is 5.73 Å². The zero-order valence-corrected chi connectivity index (χ0v) is 6.54. The fraction of sp³-hybridized carbons (Fsp3) is 1.00. The summed E-state index contributed by atoms with van der Waals surface area (Å²) in [5.41, 5.74) is 5.45. The highest BCUT2D eigenvalue weighted by Gasteiger charge is 2.17. The van der Waals surface area contributed by atoms with E-state index in [0.717, 1.165) is 12.8 Å². The van der Waals surface area contributed by atoms with E-state index in [1.165, 1.54) is 0 Å². The molecule has 0 spiro atoms. The summed E-state index contributed by atoms with van der Waals surface area (Å²) in [5, 5.41) is 0. The van der Waals surface area contributed by atoms with Gasteiger partial charge in [-0.25, -0.2) is 0 Å². The Morgan fingerprint density at radius 3 is 1.75 bits per heavy atom. The van der Waals surface area contributed by atoms with Crippen LogP contribution in [0, 0.1) is 0 Å². The summed E-state index contributed by atoms with van der Waals surface area (Å²) in [6, 6.07) is 0. The lowest BCUT2D eigenvalue weighted by Gasteiger charge is -2.22. The van der Waals surface area contributed by atoms with Crippen LogP contribution < -0.4 is 5.73 Å². The maximum absolute atomic E-state index is 5.45. The molecule has 2 heteroatoms. The topological polar surface area (TPSA) is 26.0 Å². The maximum atomic E-state index is 5.45. The lowest BCUT2D eigenvalue weighted by Crippen LogP contribution is -2.29. The Hall–Kier alpha value is 0.310. The van der Waals surface area contributed by atoms with Gasteiger partial charge in [-0.1, -0.05) is 13.8 Å². The smallest absolute Gasteiger partial charge is 0.0246 e. The van der Waals surface area contributed by atoms with Crippen LogP contribution in [0.4, 0.5) is 0 Å². The molecule has 0 saturated heterocycles. The molecule has 0 aliphatic carbocycles. The summed E-state index contributed by atoms with van der Waals surface area (Å²) in [4.78, 5) is 0. The molecule has 0 aromatic rings. The maximum Gasteiger partial charge on any atom is 0.0246 e. The van der Waals surface area contributed by atoms with Gasteiger partial charge < -0.3 is 5.73 Å². The van der Waals surface area contributed by atoms with Crippen molar-refractivity contribution in [3.63, 3.8) is 0 Å². The van der Waals surface area contributed by atoms with Crippen molar-refractivity contribution in [3.8, 4) is 0 Å². The van der Waals surface area contributed by atoms with Crippen LogP contribution in [0.3, 0.4) is 0 Å². The summed E-state index contributed by atoms with van der Waals surface area (Å²) in [6.07, 6.45) is 2.12. The van der Waals surface area contributed by atoms with Crippen molar-refractivity contribution in [1.82, 2.24) is 0 Å². The third-order valence-electron chi connectivity index (χ3n) is 1.70. The molecule has 1 nitrogen and oxygen atoms in total. The number of hydrogen-bond donors (Lipinski definition) is 2. The third-order valence-corrected chi connectivity index (χ3v) is 2.51. The van der Waals surface area contributed by atoms with Crippen molar-refractivity contribution in [2.75, 3.05) is 6.54 Å². The average Bonchev–Trinajstić information content (AvgIpc) is 1.87. The number of nitrogens with two attached hydrogens (primary N) is 1. The Labute approximate surface area is 57.1 Å². The molecule has 0 heterocycles. The van der Waals surface area contributed by atoms with E-state index in [4.69, 9.17) is 5.73 Å². The van der Waals surface area contributed by atoms with E-state index < -0.39 is 0 Å². The van der Waals surface area contributed by atoms with Gasteiger partial charge >= 0.3 is 0 Å². The predicted octanol–water partition coefficient (Wildman–Crippen LogP) is 1.43. The fourth-order valence-electron chi connectivity index (χ4n) is 0.539. The molecule has 2 N–H and O–H groups in total. The predicted molar refractivity (Wildman–Crippen MR) is 41.4 cm³/mol. The van der Waals surface area contributed by atoms with Gasteiger partial charge in [0, 0.05) is 11.3 Å². The van der Waals surface area contributed by atoms with Crippen LogP contribution in [-0.2, 0) is 0 Å². The van der Waals surface area contributed by atoms with Crippen LogP contribution in [0.1, 0.15) is 26.7 Å². The standard InChI is InChI=1S/C6H15NS/c1-3-6(8,4-2)5-7/h8H,3-5,7H2,1-2H3. The highest BCUT2D eigenvalue weighted by atomic mass is 32.1. The van der Waals surface area contributed by atoms with Gasteiger partial charge in [0.15, 0.2) is 0 Å². The zero-order chi connectivity index (χ0) is 6.62. The minimum Gasteiger partial charge on any atom is -0.329 e. The molecule has 0 aromatic heterocycles. The second kappa shape index (κ2) is 3.36. The van der Waals surface area contributed by atoms with Crippen LogP contribution in [0.15, 0.2) is 0 Å². The summed E-state index contributed by atoms with van der Waals surface area (Å²) >= 11 is 4.39. The molecule has 0 saturated carbocycles. The first-order valence-electron chi connectivity index (χ1n) is 3.11. The molecule has 0 fully saturated rings. The summed E-state index contributed by atoms with van der Waals surface area (Å²) in [7, 11) is 0. The third kappa shape index (κ3) is 2.05. The highest BCUT2D eigenvalue weighted by Crippen LogP contribution is 2.20. The molecule has 0 radical (unpaired) electrons. The first-order chi connectivity index (χ1) is 3.68. The SMILES string of the molecule is CCC(S)(CC)CN. The highest BCUT2D eigenvalue weighted by molar-refractivity contribution is 7.81. The van der Waals surface area contributed by atoms with E-state index in [1.807, 2.05) is 0 Å². The van der Waals surface area contributed by atoms with E-state index in [-0.39, 0.29) is 4.75 Å². The monoisotopic (exact) mass is 133 g/mol. The summed E-state index contributed by atoms with van der Waals surface area (Å²) < 4.78 is 0.0972. The lowest BCUT2D eigenvalue weighted by molar-refractivity contribution is 0.563. The van der Waals surface area contributed by atoms with Gasteiger partial charge in [-0.3, -0.25) is 0 Å². The van der Waals surface area contributed by atoms with Crippen molar-refractivity contribution in [3.05, 3.63) is 0 Å². The van der Waals surface area contributed by atoms with Gasteiger partial charge in [0.05, 0.1) is 0 Å². The molecular formula is C6H15NS. The van der Waals surface area contributed by atoms with E-state index in [2.05, 4.69) is 26.5 Å². The fourth-order valence-corrected chi connectivity index (χ4v) is 0.539. The molecule has 0 bridgehead atoms. The Bertz CT molecular complexity index is 51.3. The second-order valence-electron chi connectivity index (χ2n) is 2.14. The van der Waals surface area contributed by atoms with E-state index >= 15 is 0 Å². The molecule has 0 amide bonds.